The summed E-state index contributed by atoms with van der Waals surface area (Å²) in [6.45, 7) is 1.25. The summed E-state index contributed by atoms with van der Waals surface area (Å²) < 4.78 is 63.7. The Morgan fingerprint density at radius 1 is 1.23 bits per heavy atom. The molecule has 0 aliphatic heterocycles. The van der Waals surface area contributed by atoms with Crippen LogP contribution in [0.4, 0.5) is 22.0 Å². The van der Waals surface area contributed by atoms with Crippen LogP contribution in [0, 0.1) is 6.92 Å². The zero-order valence-electron chi connectivity index (χ0n) is 6.32. The Labute approximate surface area is 69.3 Å². The average Bonchev–Trinajstić information content (AvgIpc) is 2.33. The van der Waals surface area contributed by atoms with E-state index >= 15 is 0 Å². The lowest BCUT2D eigenvalue weighted by atomic mass is 10.2. The van der Waals surface area contributed by atoms with Gasteiger partial charge in [-0.2, -0.15) is 22.0 Å². The van der Waals surface area contributed by atoms with E-state index in [2.05, 4.69) is 9.68 Å². The molecule has 0 bridgehead atoms. The quantitative estimate of drug-likeness (QED) is 0.652. The molecular weight excluding hydrogens is 197 g/mol. The summed E-state index contributed by atoms with van der Waals surface area (Å²) in [5.41, 5.74) is -0.0288. The molecule has 0 radical (unpaired) electrons. The summed E-state index contributed by atoms with van der Waals surface area (Å²) in [7, 11) is 0. The van der Waals surface area contributed by atoms with Crippen molar-refractivity contribution in [1.29, 1.82) is 0 Å². The first-order chi connectivity index (χ1) is 5.75. The smallest absolute Gasteiger partial charge is 0.354 e. The molecule has 0 saturated carbocycles. The third kappa shape index (κ3) is 1.63. The summed E-state index contributed by atoms with van der Waals surface area (Å²) >= 11 is 0. The molecule has 0 N–H and O–H groups in total. The van der Waals surface area contributed by atoms with Crippen molar-refractivity contribution in [2.45, 2.75) is 19.0 Å². The second-order valence-electron chi connectivity index (χ2n) is 2.40. The molecule has 74 valence electrons. The van der Waals surface area contributed by atoms with Crippen molar-refractivity contribution in [1.82, 2.24) is 5.16 Å². The fraction of sp³-hybridized carbons (Fsp3) is 0.500. The molecule has 0 fully saturated rings. The molecule has 0 aliphatic rings. The number of alkyl halides is 5. The van der Waals surface area contributed by atoms with Gasteiger partial charge in [-0.05, 0) is 6.92 Å². The second-order valence-corrected chi connectivity index (χ2v) is 2.40. The molecule has 1 heterocycles. The van der Waals surface area contributed by atoms with Gasteiger partial charge in [0.1, 0.15) is 0 Å². The largest absolute Gasteiger partial charge is 0.461 e. The maximum atomic E-state index is 12.4. The fourth-order valence-electron chi connectivity index (χ4n) is 0.651. The molecule has 0 aliphatic carbocycles. The molecule has 0 saturated heterocycles. The summed E-state index contributed by atoms with van der Waals surface area (Å²) in [6, 6.07) is 0.549. The van der Waals surface area contributed by atoms with Crippen molar-refractivity contribution in [2.75, 3.05) is 0 Å². The number of aryl methyl sites for hydroxylation is 1. The van der Waals surface area contributed by atoms with E-state index in [0.717, 1.165) is 0 Å². The van der Waals surface area contributed by atoms with Crippen LogP contribution in [0.15, 0.2) is 10.6 Å². The minimum Gasteiger partial charge on any atom is -0.354 e. The predicted molar refractivity (Wildman–Crippen MR) is 31.2 cm³/mol. The SMILES string of the molecule is Cc1cc(C(F)(F)C(F)(F)F)on1. The van der Waals surface area contributed by atoms with Crippen molar-refractivity contribution in [3.63, 3.8) is 0 Å². The van der Waals surface area contributed by atoms with Gasteiger partial charge in [-0.15, -0.1) is 0 Å². The number of aromatic nitrogens is 1. The summed E-state index contributed by atoms with van der Waals surface area (Å²) in [6.07, 6.45) is -5.65. The van der Waals surface area contributed by atoms with Gasteiger partial charge >= 0.3 is 12.1 Å². The van der Waals surface area contributed by atoms with Crippen LogP contribution in [-0.2, 0) is 5.92 Å². The van der Waals surface area contributed by atoms with E-state index in [-0.39, 0.29) is 5.69 Å². The molecule has 7 heteroatoms. The zero-order chi connectivity index (χ0) is 10.3. The van der Waals surface area contributed by atoms with Crippen LogP contribution >= 0.6 is 0 Å². The average molecular weight is 201 g/mol. The minimum absolute atomic E-state index is 0.0288. The van der Waals surface area contributed by atoms with Crippen molar-refractivity contribution >= 4 is 0 Å². The van der Waals surface area contributed by atoms with E-state index in [9.17, 15) is 22.0 Å². The van der Waals surface area contributed by atoms with Crippen LogP contribution in [0.2, 0.25) is 0 Å². The lowest BCUT2D eigenvalue weighted by Gasteiger charge is -2.15. The van der Waals surface area contributed by atoms with E-state index in [4.69, 9.17) is 0 Å². The van der Waals surface area contributed by atoms with Crippen molar-refractivity contribution in [3.8, 4) is 0 Å². The molecule has 1 aromatic rings. The number of rotatable bonds is 1. The van der Waals surface area contributed by atoms with Crippen LogP contribution < -0.4 is 0 Å². The van der Waals surface area contributed by atoms with Crippen molar-refractivity contribution < 1.29 is 26.5 Å². The molecule has 0 amide bonds. The first-order valence-corrected chi connectivity index (χ1v) is 3.13. The Hall–Kier alpha value is -1.14. The molecule has 13 heavy (non-hydrogen) atoms. The highest BCUT2D eigenvalue weighted by molar-refractivity contribution is 5.10. The third-order valence-electron chi connectivity index (χ3n) is 1.29. The Morgan fingerprint density at radius 3 is 2.08 bits per heavy atom. The van der Waals surface area contributed by atoms with Gasteiger partial charge in [0.15, 0.2) is 0 Å². The van der Waals surface area contributed by atoms with Gasteiger partial charge in [0.25, 0.3) is 0 Å². The van der Waals surface area contributed by atoms with E-state index < -0.39 is 17.9 Å². The lowest BCUT2D eigenvalue weighted by Crippen LogP contribution is -2.33. The van der Waals surface area contributed by atoms with Crippen LogP contribution in [0.25, 0.3) is 0 Å². The molecule has 0 spiro atoms. The predicted octanol–water partition coefficient (Wildman–Crippen LogP) is 2.64. The van der Waals surface area contributed by atoms with E-state index in [1.54, 1.807) is 0 Å². The monoisotopic (exact) mass is 201 g/mol. The van der Waals surface area contributed by atoms with Gasteiger partial charge in [-0.25, -0.2) is 0 Å². The van der Waals surface area contributed by atoms with Gasteiger partial charge in [0, 0.05) is 6.07 Å². The molecule has 0 atom stereocenters. The summed E-state index contributed by atoms with van der Waals surface area (Å²) in [4.78, 5) is 0. The fourth-order valence-corrected chi connectivity index (χ4v) is 0.651. The van der Waals surface area contributed by atoms with Gasteiger partial charge < -0.3 is 4.52 Å². The van der Waals surface area contributed by atoms with E-state index in [1.165, 1.54) is 6.92 Å². The molecule has 1 aromatic heterocycles. The van der Waals surface area contributed by atoms with Crippen molar-refractivity contribution in [3.05, 3.63) is 17.5 Å². The van der Waals surface area contributed by atoms with Gasteiger partial charge in [0.2, 0.25) is 5.76 Å². The lowest BCUT2D eigenvalue weighted by molar-refractivity contribution is -0.296. The first-order valence-electron chi connectivity index (χ1n) is 3.13. The normalized spacial score (nSPS) is 13.4. The number of hydrogen-bond donors (Lipinski definition) is 0. The summed E-state index contributed by atoms with van der Waals surface area (Å²) in [5, 5.41) is 2.94. The van der Waals surface area contributed by atoms with Crippen molar-refractivity contribution in [2.24, 2.45) is 0 Å². The molecular formula is C6H4F5NO. The van der Waals surface area contributed by atoms with Crippen LogP contribution in [0.5, 0.6) is 0 Å². The highest BCUT2D eigenvalue weighted by Gasteiger charge is 2.61. The number of hydrogen-bond acceptors (Lipinski definition) is 2. The minimum atomic E-state index is -5.65. The van der Waals surface area contributed by atoms with Gasteiger partial charge in [-0.3, -0.25) is 0 Å². The number of halogens is 5. The zero-order valence-corrected chi connectivity index (χ0v) is 6.32. The van der Waals surface area contributed by atoms with Crippen LogP contribution in [-0.4, -0.2) is 11.3 Å². The molecule has 0 unspecified atom stereocenters. The van der Waals surface area contributed by atoms with E-state index in [1.807, 2.05) is 0 Å². The topological polar surface area (TPSA) is 26.0 Å². The standard InChI is InChI=1S/C6H4F5NO/c1-3-2-4(13-12-3)5(7,8)6(9,10)11/h2H,1H3. The molecule has 1 rings (SSSR count). The Morgan fingerprint density at radius 2 is 1.77 bits per heavy atom. The maximum absolute atomic E-state index is 12.4. The Bertz CT molecular complexity index is 302. The second kappa shape index (κ2) is 2.68. The van der Waals surface area contributed by atoms with Crippen LogP contribution in [0.1, 0.15) is 11.5 Å². The van der Waals surface area contributed by atoms with Crippen LogP contribution in [0.3, 0.4) is 0 Å². The first kappa shape index (κ1) is 9.94. The van der Waals surface area contributed by atoms with Gasteiger partial charge in [-0.1, -0.05) is 5.16 Å². The Balaban J connectivity index is 3.07. The molecule has 0 aromatic carbocycles. The van der Waals surface area contributed by atoms with Gasteiger partial charge in [0.05, 0.1) is 5.69 Å². The number of nitrogens with zero attached hydrogens (tertiary/aromatic N) is 1. The highest BCUT2D eigenvalue weighted by atomic mass is 19.4. The highest BCUT2D eigenvalue weighted by Crippen LogP contribution is 2.43. The molecule has 2 nitrogen and oxygen atoms in total. The third-order valence-corrected chi connectivity index (χ3v) is 1.29. The summed E-state index contributed by atoms with van der Waals surface area (Å²) in [5.74, 6) is -6.47. The Kier molecular flexibility index (Phi) is 2.05. The maximum Gasteiger partial charge on any atom is 0.461 e. The van der Waals surface area contributed by atoms with E-state index in [0.29, 0.717) is 6.07 Å².